The molecular weight excluding hydrogens is 620 g/mol. The van der Waals surface area contributed by atoms with Gasteiger partial charge in [0.1, 0.15) is 37.1 Å². The molecule has 2 saturated heterocycles. The van der Waals surface area contributed by atoms with Crippen LogP contribution in [0.2, 0.25) is 0 Å². The Morgan fingerprint density at radius 3 is 2.00 bits per heavy atom. The maximum atomic E-state index is 12.7. The van der Waals surface area contributed by atoms with Crippen LogP contribution in [-0.2, 0) is 25.6 Å². The van der Waals surface area contributed by atoms with Crippen LogP contribution in [0.25, 0.3) is 0 Å². The molecule has 0 aromatic heterocycles. The Kier molecular flexibility index (Phi) is 11.4. The van der Waals surface area contributed by atoms with Crippen molar-refractivity contribution in [3.8, 4) is 34.5 Å². The zero-order chi connectivity index (χ0) is 33.8. The average molecular weight is 659 g/mol. The molecule has 0 aliphatic carbocycles. The lowest BCUT2D eigenvalue weighted by molar-refractivity contribution is -0.289. The van der Waals surface area contributed by atoms with Crippen LogP contribution in [0.5, 0.6) is 34.5 Å². The van der Waals surface area contributed by atoms with Gasteiger partial charge in [-0.15, -0.1) is 0 Å². The number of carbonyl (C=O) groups is 1. The second kappa shape index (κ2) is 14.8. The highest BCUT2D eigenvalue weighted by Crippen LogP contribution is 2.41. The first-order valence-electron chi connectivity index (χ1n) is 13.9. The fourth-order valence-electron chi connectivity index (χ4n) is 4.81. The maximum absolute atomic E-state index is 12.7. The van der Waals surface area contributed by atoms with Crippen molar-refractivity contribution in [1.29, 1.82) is 0 Å². The highest BCUT2D eigenvalue weighted by molar-refractivity contribution is 5.91. The van der Waals surface area contributed by atoms with Crippen molar-refractivity contribution in [2.75, 3.05) is 48.3 Å². The first-order valence-corrected chi connectivity index (χ1v) is 13.9. The van der Waals surface area contributed by atoms with Gasteiger partial charge in [0.2, 0.25) is 17.8 Å². The number of ether oxygens (including phenoxy) is 9. The second-order valence-electron chi connectivity index (χ2n) is 10.5. The maximum Gasteiger partial charge on any atom is 0.338 e. The number of rotatable bonds is 13. The van der Waals surface area contributed by atoms with Gasteiger partial charge in [-0.25, -0.2) is 4.79 Å². The molecule has 2 aromatic rings. The Morgan fingerprint density at radius 1 is 0.870 bits per heavy atom. The van der Waals surface area contributed by atoms with E-state index in [0.717, 1.165) is 0 Å². The van der Waals surface area contributed by atoms with Gasteiger partial charge in [0.05, 0.1) is 53.8 Å². The summed E-state index contributed by atoms with van der Waals surface area (Å²) in [4.78, 5) is 12.7. The normalized spacial score (nSPS) is 29.2. The quantitative estimate of drug-likeness (QED) is 0.120. The van der Waals surface area contributed by atoms with Gasteiger partial charge < -0.3 is 78.4 Å². The zero-order valence-electron chi connectivity index (χ0n) is 25.4. The van der Waals surface area contributed by atoms with E-state index in [1.165, 1.54) is 52.7 Å². The molecular formula is C29H38O17. The number of hydrogen-bond acceptors (Lipinski definition) is 17. The molecule has 4 rings (SSSR count). The monoisotopic (exact) mass is 658 g/mol. The van der Waals surface area contributed by atoms with Crippen LogP contribution in [0, 0.1) is 0 Å². The van der Waals surface area contributed by atoms with E-state index in [9.17, 15) is 40.5 Å². The third kappa shape index (κ3) is 7.17. The molecule has 0 radical (unpaired) electrons. The molecule has 256 valence electrons. The number of benzene rings is 2. The molecule has 2 aliphatic heterocycles. The van der Waals surface area contributed by atoms with Gasteiger partial charge in [-0.1, -0.05) is 0 Å². The van der Waals surface area contributed by atoms with Gasteiger partial charge >= 0.3 is 5.97 Å². The molecule has 2 aromatic carbocycles. The summed E-state index contributed by atoms with van der Waals surface area (Å²) >= 11 is 0. The van der Waals surface area contributed by atoms with Crippen molar-refractivity contribution in [2.45, 2.75) is 55.3 Å². The number of aromatic hydroxyl groups is 1. The predicted molar refractivity (Wildman–Crippen MR) is 151 cm³/mol. The molecule has 0 spiro atoms. The number of phenolic OH excluding ortho intramolecular Hbond substituents is 1. The topological polar surface area (TPSA) is 242 Å². The van der Waals surface area contributed by atoms with Gasteiger partial charge in [0.25, 0.3) is 0 Å². The van der Waals surface area contributed by atoms with E-state index in [4.69, 9.17) is 42.6 Å². The number of aliphatic hydroxyl groups excluding tert-OH is 5. The Balaban J connectivity index is 1.39. The van der Waals surface area contributed by atoms with Gasteiger partial charge in [-0.2, -0.15) is 0 Å². The molecule has 46 heavy (non-hydrogen) atoms. The number of esters is 1. The lowest BCUT2D eigenvalue weighted by atomic mass is 9.99. The first kappa shape index (κ1) is 35.2. The third-order valence-electron chi connectivity index (χ3n) is 7.50. The van der Waals surface area contributed by atoms with Crippen LogP contribution in [0.4, 0.5) is 0 Å². The molecule has 0 saturated carbocycles. The smallest absolute Gasteiger partial charge is 0.338 e. The summed E-state index contributed by atoms with van der Waals surface area (Å²) in [5.41, 5.74) is -1.73. The molecule has 0 amide bonds. The number of methoxy groups -OCH3 is 4. The van der Waals surface area contributed by atoms with Gasteiger partial charge in [-0.05, 0) is 29.8 Å². The van der Waals surface area contributed by atoms with Gasteiger partial charge in [-0.3, -0.25) is 0 Å². The van der Waals surface area contributed by atoms with Crippen molar-refractivity contribution < 1.29 is 83.2 Å². The minimum Gasteiger partial charge on any atom is -0.502 e. The fraction of sp³-hybridized carbons (Fsp3) is 0.552. The summed E-state index contributed by atoms with van der Waals surface area (Å²) in [5, 5.41) is 72.9. The van der Waals surface area contributed by atoms with Crippen LogP contribution >= 0.6 is 0 Å². The third-order valence-corrected chi connectivity index (χ3v) is 7.50. The van der Waals surface area contributed by atoms with Crippen LogP contribution in [0.15, 0.2) is 24.3 Å². The van der Waals surface area contributed by atoms with Gasteiger partial charge in [0.15, 0.2) is 34.9 Å². The van der Waals surface area contributed by atoms with Crippen molar-refractivity contribution in [3.05, 3.63) is 35.4 Å². The molecule has 2 fully saturated rings. The lowest BCUT2D eigenvalue weighted by Crippen LogP contribution is -2.60. The number of hydrogen-bond donors (Lipinski definition) is 7. The Bertz CT molecular complexity index is 1300. The molecule has 7 N–H and O–H groups in total. The minimum absolute atomic E-state index is 0.0205. The summed E-state index contributed by atoms with van der Waals surface area (Å²) in [6.07, 6.45) is -11.3. The Labute approximate surface area is 262 Å². The number of phenols is 1. The molecule has 8 atom stereocenters. The largest absolute Gasteiger partial charge is 0.502 e. The summed E-state index contributed by atoms with van der Waals surface area (Å²) in [5.74, 6) is -1.15. The SMILES string of the molecule is COc1cc(C(=O)OC[C@]2(O)CO[C@@H](OC[C@@H]3O[C@@H](Oc4c(OC)cc(CO)cc4OC)[C@@H](O)[C@H](O)[C@@H]3O)[C@@H]2O)cc(OC)c1O. The number of aliphatic hydroxyl groups is 6. The van der Waals surface area contributed by atoms with Crippen LogP contribution < -0.4 is 23.7 Å². The van der Waals surface area contributed by atoms with Crippen molar-refractivity contribution in [2.24, 2.45) is 0 Å². The second-order valence-corrected chi connectivity index (χ2v) is 10.5. The van der Waals surface area contributed by atoms with E-state index in [2.05, 4.69) is 0 Å². The standard InChI is InChI=1S/C29H38O17/c1-38-15-7-14(8-16(39-2)20(15)31)26(36)43-11-29(37)12-44-28(25(29)35)42-10-19-21(32)22(33)23(34)27(45-19)46-24-17(40-3)5-13(9-30)6-18(24)41-4/h5-8,19,21-23,25,27-28,30-35,37H,9-12H2,1-4H3/t19-,21+,22+,23-,25-,27-,28+,29-/m0/s1. The molecule has 2 aliphatic rings. The lowest BCUT2D eigenvalue weighted by Gasteiger charge is -2.40. The van der Waals surface area contributed by atoms with E-state index < -0.39 is 74.5 Å². The van der Waals surface area contributed by atoms with E-state index in [1.807, 2.05) is 0 Å². The average Bonchev–Trinajstić information content (AvgIpc) is 3.35. The van der Waals surface area contributed by atoms with Crippen LogP contribution in [0.1, 0.15) is 15.9 Å². The highest BCUT2D eigenvalue weighted by atomic mass is 16.7. The van der Waals surface area contributed by atoms with E-state index >= 15 is 0 Å². The zero-order valence-corrected chi connectivity index (χ0v) is 25.4. The Morgan fingerprint density at radius 2 is 1.46 bits per heavy atom. The Hall–Kier alpha value is -3.65. The molecule has 0 bridgehead atoms. The highest BCUT2D eigenvalue weighted by Gasteiger charge is 2.51. The first-order chi connectivity index (χ1) is 21.9. The van der Waals surface area contributed by atoms with E-state index in [0.29, 0.717) is 5.56 Å². The van der Waals surface area contributed by atoms with Crippen molar-refractivity contribution >= 4 is 5.97 Å². The van der Waals surface area contributed by atoms with E-state index in [1.54, 1.807) is 0 Å². The van der Waals surface area contributed by atoms with Crippen molar-refractivity contribution in [3.63, 3.8) is 0 Å². The summed E-state index contributed by atoms with van der Waals surface area (Å²) in [6.45, 7) is -2.08. The van der Waals surface area contributed by atoms with Crippen LogP contribution in [-0.4, -0.2) is 139 Å². The van der Waals surface area contributed by atoms with Gasteiger partial charge in [0, 0.05) is 0 Å². The molecule has 17 heteroatoms. The molecule has 17 nitrogen and oxygen atoms in total. The minimum atomic E-state index is -2.10. The number of carbonyl (C=O) groups excluding carboxylic acids is 1. The predicted octanol–water partition coefficient (Wildman–Crippen LogP) is -1.57. The molecule has 0 unspecified atom stereocenters. The van der Waals surface area contributed by atoms with E-state index in [-0.39, 0.29) is 46.7 Å². The summed E-state index contributed by atoms with van der Waals surface area (Å²) in [6, 6.07) is 5.33. The summed E-state index contributed by atoms with van der Waals surface area (Å²) < 4.78 is 48.2. The fourth-order valence-corrected chi connectivity index (χ4v) is 4.81. The van der Waals surface area contributed by atoms with Crippen LogP contribution in [0.3, 0.4) is 0 Å². The van der Waals surface area contributed by atoms with Crippen molar-refractivity contribution in [1.82, 2.24) is 0 Å². The molecule has 2 heterocycles. The summed E-state index contributed by atoms with van der Waals surface area (Å²) in [7, 11) is 5.23.